The van der Waals surface area contributed by atoms with Crippen LogP contribution in [0.2, 0.25) is 0 Å². The minimum absolute atomic E-state index is 0.136. The number of rotatable bonds is 4. The van der Waals surface area contributed by atoms with Gasteiger partial charge in [-0.1, -0.05) is 6.07 Å². The number of hydrogen-bond donors (Lipinski definition) is 1. The van der Waals surface area contributed by atoms with Crippen molar-refractivity contribution in [3.8, 4) is 11.5 Å². The zero-order valence-electron chi connectivity index (χ0n) is 12.5. The summed E-state index contributed by atoms with van der Waals surface area (Å²) in [4.78, 5) is 11.3. The number of halogens is 3. The zero-order chi connectivity index (χ0) is 17.2. The van der Waals surface area contributed by atoms with E-state index < -0.39 is 23.3 Å². The molecule has 2 rings (SSSR count). The predicted molar refractivity (Wildman–Crippen MR) is 77.5 cm³/mol. The zero-order valence-corrected chi connectivity index (χ0v) is 12.5. The van der Waals surface area contributed by atoms with E-state index in [1.807, 2.05) is 0 Å². The molecule has 0 fully saturated rings. The Bertz CT molecular complexity index is 687. The van der Waals surface area contributed by atoms with Crippen LogP contribution in [0.15, 0.2) is 35.1 Å². The Labute approximate surface area is 130 Å². The topological polar surface area (TPSA) is 55.8 Å². The number of alkyl halides is 3. The van der Waals surface area contributed by atoms with Crippen molar-refractivity contribution in [3.05, 3.63) is 40.7 Å². The van der Waals surface area contributed by atoms with Gasteiger partial charge in [0, 0.05) is 5.57 Å². The van der Waals surface area contributed by atoms with Gasteiger partial charge in [0.2, 0.25) is 0 Å². The first-order valence-corrected chi connectivity index (χ1v) is 6.74. The van der Waals surface area contributed by atoms with Crippen molar-refractivity contribution in [2.45, 2.75) is 19.0 Å². The van der Waals surface area contributed by atoms with Gasteiger partial charge in [-0.05, 0) is 42.2 Å². The number of carbonyl (C=O) groups excluding carboxylic acids is 1. The highest BCUT2D eigenvalue weighted by Gasteiger charge is 2.43. The molecule has 0 aromatic heterocycles. The van der Waals surface area contributed by atoms with E-state index in [4.69, 9.17) is 9.47 Å². The van der Waals surface area contributed by atoms with Crippen LogP contribution in [0.3, 0.4) is 0 Å². The number of ether oxygens (including phenoxy) is 2. The van der Waals surface area contributed by atoms with Crippen LogP contribution in [-0.4, -0.2) is 31.3 Å². The quantitative estimate of drug-likeness (QED) is 0.913. The fraction of sp³-hybridized carbons (Fsp3) is 0.312. The van der Waals surface area contributed by atoms with E-state index in [0.29, 0.717) is 17.1 Å². The molecule has 0 heterocycles. The predicted octanol–water partition coefficient (Wildman–Crippen LogP) is 3.82. The molecular weight excluding hydrogens is 313 g/mol. The Kier molecular flexibility index (Phi) is 4.68. The Morgan fingerprint density at radius 2 is 1.83 bits per heavy atom. The first-order chi connectivity index (χ1) is 10.8. The summed E-state index contributed by atoms with van der Waals surface area (Å²) < 4.78 is 47.6. The van der Waals surface area contributed by atoms with Crippen molar-refractivity contribution >= 4 is 11.9 Å². The lowest BCUT2D eigenvalue weighted by atomic mass is 10.1. The molecule has 7 heteroatoms. The molecule has 23 heavy (non-hydrogen) atoms. The summed E-state index contributed by atoms with van der Waals surface area (Å²) in [5.41, 5.74) is 0.305. The SMILES string of the molecule is COc1ccc(/C=C2\CCC(C(=O)C(F)(F)F)=C2O)cc1OC. The lowest BCUT2D eigenvalue weighted by Gasteiger charge is -2.08. The van der Waals surface area contributed by atoms with Gasteiger partial charge in [-0.3, -0.25) is 4.79 Å². The number of aliphatic hydroxyl groups is 1. The highest BCUT2D eigenvalue weighted by atomic mass is 19.4. The summed E-state index contributed by atoms with van der Waals surface area (Å²) in [7, 11) is 2.94. The van der Waals surface area contributed by atoms with Crippen LogP contribution in [0.1, 0.15) is 18.4 Å². The van der Waals surface area contributed by atoms with Crippen molar-refractivity contribution in [3.63, 3.8) is 0 Å². The number of hydrogen-bond acceptors (Lipinski definition) is 4. The summed E-state index contributed by atoms with van der Waals surface area (Å²) in [6, 6.07) is 4.94. The van der Waals surface area contributed by atoms with Crippen molar-refractivity contribution in [2.75, 3.05) is 14.2 Å². The molecule has 0 atom stereocenters. The average Bonchev–Trinajstić information content (AvgIpc) is 2.86. The molecule has 1 aromatic carbocycles. The van der Waals surface area contributed by atoms with E-state index in [9.17, 15) is 23.1 Å². The molecule has 0 bridgehead atoms. The molecular formula is C16H15F3O4. The van der Waals surface area contributed by atoms with Crippen LogP contribution in [0.25, 0.3) is 6.08 Å². The van der Waals surface area contributed by atoms with Gasteiger partial charge in [-0.25, -0.2) is 0 Å². The van der Waals surface area contributed by atoms with Crippen molar-refractivity contribution in [1.82, 2.24) is 0 Å². The molecule has 0 saturated heterocycles. The number of Topliss-reactive ketones (excluding diaryl/α,β-unsaturated/α-hetero) is 1. The molecule has 1 aliphatic rings. The lowest BCUT2D eigenvalue weighted by molar-refractivity contribution is -0.166. The molecule has 4 nitrogen and oxygen atoms in total. The lowest BCUT2D eigenvalue weighted by Crippen LogP contribution is -2.24. The third kappa shape index (κ3) is 3.49. The highest BCUT2D eigenvalue weighted by Crippen LogP contribution is 2.36. The van der Waals surface area contributed by atoms with Crippen molar-refractivity contribution in [2.24, 2.45) is 0 Å². The van der Waals surface area contributed by atoms with Gasteiger partial charge in [0.1, 0.15) is 5.76 Å². The molecule has 1 N–H and O–H groups in total. The molecule has 0 amide bonds. The summed E-state index contributed by atoms with van der Waals surface area (Å²) in [6.45, 7) is 0. The van der Waals surface area contributed by atoms with E-state index in [2.05, 4.69) is 0 Å². The van der Waals surface area contributed by atoms with Gasteiger partial charge in [0.05, 0.1) is 14.2 Å². The summed E-state index contributed by atoms with van der Waals surface area (Å²) in [6.07, 6.45) is -3.43. The van der Waals surface area contributed by atoms with Gasteiger partial charge in [0.25, 0.3) is 5.78 Å². The van der Waals surface area contributed by atoms with Crippen LogP contribution < -0.4 is 9.47 Å². The van der Waals surface area contributed by atoms with Gasteiger partial charge in [0.15, 0.2) is 11.5 Å². The maximum atomic E-state index is 12.5. The number of aliphatic hydroxyl groups excluding tert-OH is 1. The van der Waals surface area contributed by atoms with E-state index >= 15 is 0 Å². The van der Waals surface area contributed by atoms with Gasteiger partial charge in [-0.2, -0.15) is 13.2 Å². The number of carbonyl (C=O) groups is 1. The first kappa shape index (κ1) is 16.9. The summed E-state index contributed by atoms with van der Waals surface area (Å²) in [5.74, 6) is -1.63. The second kappa shape index (κ2) is 6.36. The standard InChI is InChI=1S/C16H15F3O4/c1-22-12-6-3-9(8-13(12)23-2)7-10-4-5-11(14(10)20)15(21)16(17,18)19/h3,6-8,20H,4-5H2,1-2H3/b10-7+. The smallest absolute Gasteiger partial charge is 0.454 e. The fourth-order valence-electron chi connectivity index (χ4n) is 2.37. The number of allylic oxidation sites excluding steroid dienone is 2. The summed E-state index contributed by atoms with van der Waals surface area (Å²) >= 11 is 0. The molecule has 0 saturated carbocycles. The molecule has 0 unspecified atom stereocenters. The molecule has 1 aromatic rings. The second-order valence-corrected chi connectivity index (χ2v) is 4.94. The number of methoxy groups -OCH3 is 2. The Morgan fingerprint density at radius 1 is 1.17 bits per heavy atom. The minimum atomic E-state index is -4.98. The minimum Gasteiger partial charge on any atom is -0.507 e. The number of benzene rings is 1. The first-order valence-electron chi connectivity index (χ1n) is 6.74. The number of ketones is 1. The van der Waals surface area contributed by atoms with Crippen molar-refractivity contribution in [1.29, 1.82) is 0 Å². The van der Waals surface area contributed by atoms with Crippen LogP contribution >= 0.6 is 0 Å². The largest absolute Gasteiger partial charge is 0.507 e. The normalized spacial score (nSPS) is 16.8. The Hall–Kier alpha value is -2.44. The van der Waals surface area contributed by atoms with Gasteiger partial charge in [-0.15, -0.1) is 0 Å². The van der Waals surface area contributed by atoms with Crippen molar-refractivity contribution < 1.29 is 32.5 Å². The van der Waals surface area contributed by atoms with E-state index in [0.717, 1.165) is 0 Å². The average molecular weight is 328 g/mol. The second-order valence-electron chi connectivity index (χ2n) is 4.94. The highest BCUT2D eigenvalue weighted by molar-refractivity contribution is 6.01. The Morgan fingerprint density at radius 3 is 2.39 bits per heavy atom. The summed E-state index contributed by atoms with van der Waals surface area (Å²) in [5, 5.41) is 9.91. The van der Waals surface area contributed by atoms with Gasteiger partial charge >= 0.3 is 6.18 Å². The molecule has 124 valence electrons. The molecule has 0 spiro atoms. The molecule has 0 radical (unpaired) electrons. The van der Waals surface area contributed by atoms with E-state index in [1.165, 1.54) is 20.3 Å². The van der Waals surface area contributed by atoms with Crippen LogP contribution in [0.5, 0.6) is 11.5 Å². The maximum absolute atomic E-state index is 12.5. The third-order valence-corrected chi connectivity index (χ3v) is 3.51. The van der Waals surface area contributed by atoms with E-state index in [-0.39, 0.29) is 18.4 Å². The van der Waals surface area contributed by atoms with Gasteiger partial charge < -0.3 is 14.6 Å². The van der Waals surface area contributed by atoms with E-state index in [1.54, 1.807) is 18.2 Å². The monoisotopic (exact) mass is 328 g/mol. The Balaban J connectivity index is 2.35. The van der Waals surface area contributed by atoms with Crippen LogP contribution in [0.4, 0.5) is 13.2 Å². The molecule has 0 aliphatic heterocycles. The van der Waals surface area contributed by atoms with Crippen LogP contribution in [-0.2, 0) is 4.79 Å². The van der Waals surface area contributed by atoms with Crippen LogP contribution in [0, 0.1) is 0 Å². The third-order valence-electron chi connectivity index (χ3n) is 3.51. The molecule has 1 aliphatic carbocycles. The maximum Gasteiger partial charge on any atom is 0.454 e. The fourth-order valence-corrected chi connectivity index (χ4v) is 2.37.